The number of amides is 1. The Kier molecular flexibility index (Phi) is 8.88. The molecule has 0 unspecified atom stereocenters. The van der Waals surface area contributed by atoms with Gasteiger partial charge in [0.15, 0.2) is 18.1 Å². The maximum Gasteiger partial charge on any atom is 0.341 e. The van der Waals surface area contributed by atoms with Crippen LogP contribution in [0.5, 0.6) is 11.5 Å². The molecule has 0 aliphatic carbocycles. The Labute approximate surface area is 185 Å². The zero-order chi connectivity index (χ0) is 23.0. The van der Waals surface area contributed by atoms with Gasteiger partial charge in [0.25, 0.3) is 0 Å². The highest BCUT2D eigenvalue weighted by atomic mass is 35.5. The first-order valence-electron chi connectivity index (χ1n) is 9.78. The smallest absolute Gasteiger partial charge is 0.341 e. The number of ether oxygens (including phenoxy) is 2. The van der Waals surface area contributed by atoms with Crippen molar-refractivity contribution in [3.63, 3.8) is 0 Å². The molecule has 0 radical (unpaired) electrons. The molecule has 1 amide bonds. The van der Waals surface area contributed by atoms with Gasteiger partial charge in [-0.1, -0.05) is 23.7 Å². The lowest BCUT2D eigenvalue weighted by molar-refractivity contribution is -0.139. The van der Waals surface area contributed by atoms with Crippen LogP contribution in [-0.4, -0.2) is 41.6 Å². The van der Waals surface area contributed by atoms with Gasteiger partial charge >= 0.3 is 5.97 Å². The average molecular weight is 450 g/mol. The number of allylic oxidation sites excluding steroid dienone is 1. The third-order valence-corrected chi connectivity index (χ3v) is 4.95. The number of hydrogen-bond donors (Lipinski definition) is 1. The van der Waals surface area contributed by atoms with E-state index in [0.29, 0.717) is 24.2 Å². The number of carbonyl (C=O) groups is 2. The molecule has 2 aromatic carbocycles. The van der Waals surface area contributed by atoms with Gasteiger partial charge in [0, 0.05) is 24.7 Å². The van der Waals surface area contributed by atoms with E-state index in [-0.39, 0.29) is 34.6 Å². The Bertz CT molecular complexity index is 952. The topological polar surface area (TPSA) is 76.1 Å². The first-order valence-corrected chi connectivity index (χ1v) is 10.2. The molecule has 0 heterocycles. The second kappa shape index (κ2) is 11.4. The fraction of sp³-hybridized carbons (Fsp3) is 0.304. The van der Waals surface area contributed by atoms with Gasteiger partial charge in [0.2, 0.25) is 5.91 Å². The minimum absolute atomic E-state index is 0.120. The highest BCUT2D eigenvalue weighted by Crippen LogP contribution is 2.32. The van der Waals surface area contributed by atoms with E-state index in [1.165, 1.54) is 18.2 Å². The van der Waals surface area contributed by atoms with Gasteiger partial charge in [-0.15, -0.1) is 0 Å². The minimum atomic E-state index is -1.16. The van der Waals surface area contributed by atoms with Crippen LogP contribution >= 0.6 is 11.6 Å². The number of nitrogens with zero attached hydrogens (tertiary/aromatic N) is 1. The number of benzene rings is 2. The highest BCUT2D eigenvalue weighted by molar-refractivity contribution is 6.31. The Morgan fingerprint density at radius 1 is 1.13 bits per heavy atom. The molecule has 0 spiro atoms. The summed E-state index contributed by atoms with van der Waals surface area (Å²) in [7, 11) is 0. The standard InChI is InChI=1S/C23H25ClFNO5/c1-4-26(5-2)22(27)11-15(3)16-9-10-20(21(12-16)31-14-23(28)29)30-13-17-18(24)7-6-8-19(17)25/h6-12H,4-5,13-14H2,1-3H3,(H,28,29). The van der Waals surface area contributed by atoms with Gasteiger partial charge < -0.3 is 19.5 Å². The van der Waals surface area contributed by atoms with E-state index in [2.05, 4.69) is 0 Å². The maximum absolute atomic E-state index is 14.0. The van der Waals surface area contributed by atoms with E-state index in [9.17, 15) is 14.0 Å². The van der Waals surface area contributed by atoms with E-state index < -0.39 is 18.4 Å². The number of halogens is 2. The predicted octanol–water partition coefficient (Wildman–Crippen LogP) is 4.79. The second-order valence-electron chi connectivity index (χ2n) is 6.67. The summed E-state index contributed by atoms with van der Waals surface area (Å²) in [6.07, 6.45) is 1.52. The number of aliphatic carboxylic acids is 1. The molecule has 0 fully saturated rings. The number of rotatable bonds is 10. The molecule has 166 valence electrons. The number of carboxylic acid groups (broad SMARTS) is 1. The fourth-order valence-corrected chi connectivity index (χ4v) is 3.06. The van der Waals surface area contributed by atoms with Crippen molar-refractivity contribution < 1.29 is 28.6 Å². The summed E-state index contributed by atoms with van der Waals surface area (Å²) in [5.74, 6) is -1.39. The van der Waals surface area contributed by atoms with Crippen LogP contribution < -0.4 is 9.47 Å². The van der Waals surface area contributed by atoms with Gasteiger partial charge in [-0.25, -0.2) is 9.18 Å². The summed E-state index contributed by atoms with van der Waals surface area (Å²) in [5.41, 5.74) is 1.52. The molecular weight excluding hydrogens is 425 g/mol. The molecule has 31 heavy (non-hydrogen) atoms. The van der Waals surface area contributed by atoms with Gasteiger partial charge in [-0.2, -0.15) is 0 Å². The Morgan fingerprint density at radius 3 is 2.45 bits per heavy atom. The highest BCUT2D eigenvalue weighted by Gasteiger charge is 2.14. The normalized spacial score (nSPS) is 11.2. The van der Waals surface area contributed by atoms with Crippen LogP contribution in [0, 0.1) is 5.82 Å². The lowest BCUT2D eigenvalue weighted by atomic mass is 10.1. The first-order chi connectivity index (χ1) is 14.8. The SMILES string of the molecule is CCN(CC)C(=O)C=C(C)c1ccc(OCc2c(F)cccc2Cl)c(OCC(=O)O)c1. The lowest BCUT2D eigenvalue weighted by Crippen LogP contribution is -2.28. The third kappa shape index (κ3) is 6.72. The van der Waals surface area contributed by atoms with E-state index >= 15 is 0 Å². The summed E-state index contributed by atoms with van der Waals surface area (Å²) in [5, 5.41) is 9.19. The van der Waals surface area contributed by atoms with Crippen LogP contribution in [0.2, 0.25) is 5.02 Å². The van der Waals surface area contributed by atoms with E-state index in [1.807, 2.05) is 13.8 Å². The fourth-order valence-electron chi connectivity index (χ4n) is 2.84. The summed E-state index contributed by atoms with van der Waals surface area (Å²) in [4.78, 5) is 25.0. The molecule has 0 aliphatic rings. The quantitative estimate of drug-likeness (QED) is 0.527. The van der Waals surface area contributed by atoms with Gasteiger partial charge in [-0.3, -0.25) is 4.79 Å². The molecule has 0 bridgehead atoms. The maximum atomic E-state index is 14.0. The molecule has 0 atom stereocenters. The molecule has 6 nitrogen and oxygen atoms in total. The average Bonchev–Trinajstić information content (AvgIpc) is 2.73. The summed E-state index contributed by atoms with van der Waals surface area (Å²) >= 11 is 6.03. The van der Waals surface area contributed by atoms with Gasteiger partial charge in [0.05, 0.1) is 5.02 Å². The van der Waals surface area contributed by atoms with Gasteiger partial charge in [-0.05, 0) is 56.2 Å². The largest absolute Gasteiger partial charge is 0.485 e. The van der Waals surface area contributed by atoms with Crippen molar-refractivity contribution in [2.75, 3.05) is 19.7 Å². The first kappa shape index (κ1) is 24.2. The van der Waals surface area contributed by atoms with Crippen molar-refractivity contribution in [2.24, 2.45) is 0 Å². The van der Waals surface area contributed by atoms with Crippen molar-refractivity contribution in [1.29, 1.82) is 0 Å². The zero-order valence-corrected chi connectivity index (χ0v) is 18.4. The molecule has 2 rings (SSSR count). The van der Waals surface area contributed by atoms with Crippen LogP contribution in [0.4, 0.5) is 4.39 Å². The Balaban J connectivity index is 2.30. The van der Waals surface area contributed by atoms with Crippen LogP contribution in [0.3, 0.4) is 0 Å². The minimum Gasteiger partial charge on any atom is -0.485 e. The van der Waals surface area contributed by atoms with Crippen molar-refractivity contribution in [3.05, 3.63) is 64.4 Å². The number of hydrogen-bond acceptors (Lipinski definition) is 4. The van der Waals surface area contributed by atoms with E-state index in [0.717, 1.165) is 0 Å². The van der Waals surface area contributed by atoms with Crippen LogP contribution in [0.25, 0.3) is 5.57 Å². The van der Waals surface area contributed by atoms with Crippen LogP contribution in [-0.2, 0) is 16.2 Å². The second-order valence-corrected chi connectivity index (χ2v) is 7.08. The Morgan fingerprint density at radius 2 is 1.84 bits per heavy atom. The molecule has 0 aliphatic heterocycles. The van der Waals surface area contributed by atoms with E-state index in [4.69, 9.17) is 26.2 Å². The molecule has 0 saturated carbocycles. The molecule has 2 aromatic rings. The molecule has 8 heteroatoms. The lowest BCUT2D eigenvalue weighted by Gasteiger charge is -2.17. The predicted molar refractivity (Wildman–Crippen MR) is 117 cm³/mol. The molecule has 0 saturated heterocycles. The van der Waals surface area contributed by atoms with E-state index in [1.54, 1.807) is 36.1 Å². The summed E-state index contributed by atoms with van der Waals surface area (Å²) < 4.78 is 25.0. The summed E-state index contributed by atoms with van der Waals surface area (Å²) in [6, 6.07) is 9.20. The number of likely N-dealkylation sites (N-methyl/N-ethyl adjacent to an activating group) is 1. The van der Waals surface area contributed by atoms with Crippen LogP contribution in [0.15, 0.2) is 42.5 Å². The van der Waals surface area contributed by atoms with Crippen molar-refractivity contribution in [2.45, 2.75) is 27.4 Å². The summed E-state index contributed by atoms with van der Waals surface area (Å²) in [6.45, 7) is 6.02. The van der Waals surface area contributed by atoms with Gasteiger partial charge in [0.1, 0.15) is 12.4 Å². The third-order valence-electron chi connectivity index (χ3n) is 4.60. The number of carboxylic acids is 1. The number of carbonyl (C=O) groups excluding carboxylic acids is 1. The molecular formula is C23H25ClFNO5. The van der Waals surface area contributed by atoms with Crippen molar-refractivity contribution in [3.8, 4) is 11.5 Å². The van der Waals surface area contributed by atoms with Crippen molar-refractivity contribution >= 4 is 29.1 Å². The monoisotopic (exact) mass is 449 g/mol. The molecule has 0 aromatic heterocycles. The molecule has 1 N–H and O–H groups in total. The Hall–Kier alpha value is -3.06. The zero-order valence-electron chi connectivity index (χ0n) is 17.7. The van der Waals surface area contributed by atoms with Crippen molar-refractivity contribution in [1.82, 2.24) is 4.90 Å². The van der Waals surface area contributed by atoms with Crippen LogP contribution in [0.1, 0.15) is 31.9 Å².